The number of halogens is 3. The lowest BCUT2D eigenvalue weighted by Gasteiger charge is -2.26. The molecule has 4 heterocycles. The molecule has 3 atom stereocenters. The Kier molecular flexibility index (Phi) is 5.85. The molecule has 1 amide bonds. The number of carbonyl (C=O) groups excluding carboxylic acids is 1. The number of hydrogen-bond acceptors (Lipinski definition) is 7. The van der Waals surface area contributed by atoms with Gasteiger partial charge in [-0.25, -0.2) is 23.1 Å². The maximum atomic E-state index is 13.9. The second kappa shape index (κ2) is 8.70. The minimum Gasteiger partial charge on any atom is -0.397 e. The van der Waals surface area contributed by atoms with E-state index in [-0.39, 0.29) is 29.9 Å². The number of thiophene rings is 1. The summed E-state index contributed by atoms with van der Waals surface area (Å²) in [7, 11) is 0. The van der Waals surface area contributed by atoms with Crippen molar-refractivity contribution in [1.82, 2.24) is 15.3 Å². The van der Waals surface area contributed by atoms with Gasteiger partial charge in [-0.1, -0.05) is 6.07 Å². The number of anilines is 2. The first-order chi connectivity index (χ1) is 16.2. The Morgan fingerprint density at radius 1 is 1.29 bits per heavy atom. The molecule has 2 aliphatic rings. The molecule has 0 bridgehead atoms. The fourth-order valence-corrected chi connectivity index (χ4v) is 5.76. The van der Waals surface area contributed by atoms with Gasteiger partial charge in [-0.2, -0.15) is 0 Å². The monoisotopic (exact) mass is 490 g/mol. The number of fused-ring (bicyclic) bond motifs is 2. The van der Waals surface area contributed by atoms with Gasteiger partial charge in [0.15, 0.2) is 0 Å². The third-order valence-corrected chi connectivity index (χ3v) is 7.82. The lowest BCUT2D eigenvalue weighted by Crippen LogP contribution is -2.39. The van der Waals surface area contributed by atoms with Crippen LogP contribution in [-0.4, -0.2) is 47.5 Å². The predicted molar refractivity (Wildman–Crippen MR) is 126 cm³/mol. The van der Waals surface area contributed by atoms with Crippen LogP contribution >= 0.6 is 11.3 Å². The van der Waals surface area contributed by atoms with Crippen LogP contribution in [0.25, 0.3) is 10.2 Å². The Hall–Kier alpha value is -2.92. The molecule has 3 aromatic rings. The van der Waals surface area contributed by atoms with E-state index in [1.54, 1.807) is 6.92 Å². The van der Waals surface area contributed by atoms with E-state index in [2.05, 4.69) is 10.3 Å². The molecule has 1 saturated heterocycles. The molecule has 0 spiro atoms. The first kappa shape index (κ1) is 22.9. The lowest BCUT2D eigenvalue weighted by atomic mass is 9.91. The molecule has 11 heteroatoms. The number of nitrogens with one attached hydrogen (secondary N) is 1. The number of pyridine rings is 2. The molecule has 0 radical (unpaired) electrons. The normalized spacial score (nSPS) is 22.4. The van der Waals surface area contributed by atoms with Crippen molar-refractivity contribution in [2.75, 3.05) is 23.7 Å². The van der Waals surface area contributed by atoms with Crippen LogP contribution in [0.2, 0.25) is 0 Å². The van der Waals surface area contributed by atoms with Gasteiger partial charge < -0.3 is 21.7 Å². The van der Waals surface area contributed by atoms with Crippen molar-refractivity contribution in [3.8, 4) is 0 Å². The number of aryl methyl sites for hydroxylation is 2. The van der Waals surface area contributed by atoms with E-state index in [9.17, 15) is 18.0 Å². The molecule has 5 rings (SSSR count). The maximum absolute atomic E-state index is 13.9. The molecule has 180 valence electrons. The van der Waals surface area contributed by atoms with Crippen LogP contribution in [0.4, 0.5) is 24.7 Å². The number of amides is 1. The van der Waals surface area contributed by atoms with Gasteiger partial charge in [0.2, 0.25) is 6.43 Å². The summed E-state index contributed by atoms with van der Waals surface area (Å²) in [6, 6.07) is 4.41. The first-order valence-corrected chi connectivity index (χ1v) is 12.0. The molecule has 3 aromatic heterocycles. The van der Waals surface area contributed by atoms with Gasteiger partial charge in [0, 0.05) is 36.3 Å². The van der Waals surface area contributed by atoms with Crippen LogP contribution in [0.5, 0.6) is 0 Å². The van der Waals surface area contributed by atoms with Gasteiger partial charge in [-0.15, -0.1) is 11.3 Å². The average Bonchev–Trinajstić information content (AvgIpc) is 3.34. The standard InChI is InChI=1S/C23H25F3N6OS/c1-10-15(24)7-13-19(28)20(34-23(13)29-10)22(33)30-12-3-4-17-11(6-12)2-5-18(31-17)32-8-14(21(25)26)16(27)9-32/h2,5,7,12,14,16,21H,3-4,6,8-9,27-28H2,1H3,(H,30,33). The first-order valence-electron chi connectivity index (χ1n) is 11.1. The molecule has 1 fully saturated rings. The quantitative estimate of drug-likeness (QED) is 0.519. The van der Waals surface area contributed by atoms with E-state index in [0.717, 1.165) is 22.6 Å². The Morgan fingerprint density at radius 3 is 2.82 bits per heavy atom. The minimum atomic E-state index is -2.45. The SMILES string of the molecule is Cc1nc2sc(C(=O)NC3CCc4nc(N5CC(N)C(C(F)F)C5)ccc4C3)c(N)c2cc1F. The summed E-state index contributed by atoms with van der Waals surface area (Å²) in [6.45, 7) is 2.12. The van der Waals surface area contributed by atoms with Crippen LogP contribution in [0.15, 0.2) is 18.2 Å². The number of nitrogens with zero attached hydrogens (tertiary/aromatic N) is 3. The smallest absolute Gasteiger partial charge is 0.263 e. The van der Waals surface area contributed by atoms with Crippen LogP contribution < -0.4 is 21.7 Å². The number of carbonyl (C=O) groups is 1. The largest absolute Gasteiger partial charge is 0.397 e. The van der Waals surface area contributed by atoms with Gasteiger partial charge in [-0.3, -0.25) is 4.79 Å². The van der Waals surface area contributed by atoms with Gasteiger partial charge in [0.05, 0.1) is 17.3 Å². The van der Waals surface area contributed by atoms with Crippen LogP contribution in [0, 0.1) is 18.7 Å². The lowest BCUT2D eigenvalue weighted by molar-refractivity contribution is 0.0804. The highest BCUT2D eigenvalue weighted by Crippen LogP contribution is 2.34. The fourth-order valence-electron chi connectivity index (χ4n) is 4.73. The molecular weight excluding hydrogens is 465 g/mol. The zero-order valence-corrected chi connectivity index (χ0v) is 19.3. The number of aromatic nitrogens is 2. The summed E-state index contributed by atoms with van der Waals surface area (Å²) < 4.78 is 40.2. The van der Waals surface area contributed by atoms with E-state index >= 15 is 0 Å². The van der Waals surface area contributed by atoms with E-state index in [1.807, 2.05) is 17.0 Å². The van der Waals surface area contributed by atoms with Crippen molar-refractivity contribution in [2.45, 2.75) is 44.7 Å². The fraction of sp³-hybridized carbons (Fsp3) is 0.435. The topological polar surface area (TPSA) is 110 Å². The highest BCUT2D eigenvalue weighted by molar-refractivity contribution is 7.21. The third kappa shape index (κ3) is 4.07. The van der Waals surface area contributed by atoms with Crippen molar-refractivity contribution in [2.24, 2.45) is 11.7 Å². The summed E-state index contributed by atoms with van der Waals surface area (Å²) in [5.74, 6) is -0.955. The summed E-state index contributed by atoms with van der Waals surface area (Å²) in [5, 5.41) is 3.48. The van der Waals surface area contributed by atoms with Crippen molar-refractivity contribution < 1.29 is 18.0 Å². The van der Waals surface area contributed by atoms with Crippen molar-refractivity contribution >= 4 is 39.0 Å². The molecule has 0 aromatic carbocycles. The van der Waals surface area contributed by atoms with Gasteiger partial charge in [0.1, 0.15) is 21.3 Å². The number of rotatable bonds is 4. The highest BCUT2D eigenvalue weighted by Gasteiger charge is 2.37. The molecule has 34 heavy (non-hydrogen) atoms. The minimum absolute atomic E-state index is 0.105. The van der Waals surface area contributed by atoms with E-state index < -0.39 is 24.2 Å². The van der Waals surface area contributed by atoms with Crippen molar-refractivity contribution in [3.63, 3.8) is 0 Å². The maximum Gasteiger partial charge on any atom is 0.263 e. The molecular formula is C23H25F3N6OS. The number of nitrogens with two attached hydrogens (primary N) is 2. The van der Waals surface area contributed by atoms with E-state index in [1.165, 1.54) is 6.07 Å². The van der Waals surface area contributed by atoms with Crippen LogP contribution in [-0.2, 0) is 12.8 Å². The Balaban J connectivity index is 1.28. The van der Waals surface area contributed by atoms with Crippen LogP contribution in [0.1, 0.15) is 33.0 Å². The number of hydrogen-bond donors (Lipinski definition) is 3. The molecule has 5 N–H and O–H groups in total. The number of alkyl halides is 2. The van der Waals surface area contributed by atoms with Gasteiger partial charge >= 0.3 is 0 Å². The molecule has 0 saturated carbocycles. The summed E-state index contributed by atoms with van der Waals surface area (Å²) in [4.78, 5) is 24.5. The molecule has 3 unspecified atom stereocenters. The van der Waals surface area contributed by atoms with E-state index in [0.29, 0.717) is 46.7 Å². The Bertz CT molecular complexity index is 1270. The number of nitrogen functional groups attached to an aromatic ring is 1. The third-order valence-electron chi connectivity index (χ3n) is 6.70. The Morgan fingerprint density at radius 2 is 2.09 bits per heavy atom. The molecule has 1 aliphatic carbocycles. The summed E-state index contributed by atoms with van der Waals surface area (Å²) >= 11 is 1.15. The zero-order chi connectivity index (χ0) is 24.1. The second-order valence-electron chi connectivity index (χ2n) is 9.01. The average molecular weight is 491 g/mol. The highest BCUT2D eigenvalue weighted by atomic mass is 32.1. The van der Waals surface area contributed by atoms with Crippen molar-refractivity contribution in [1.29, 1.82) is 0 Å². The van der Waals surface area contributed by atoms with Crippen molar-refractivity contribution in [3.05, 3.63) is 45.8 Å². The molecule has 7 nitrogen and oxygen atoms in total. The summed E-state index contributed by atoms with van der Waals surface area (Å²) in [5.41, 5.74) is 14.4. The zero-order valence-electron chi connectivity index (χ0n) is 18.5. The summed E-state index contributed by atoms with van der Waals surface area (Å²) in [6.07, 6.45) is -0.508. The van der Waals surface area contributed by atoms with Crippen LogP contribution in [0.3, 0.4) is 0 Å². The molecule has 1 aliphatic heterocycles. The van der Waals surface area contributed by atoms with E-state index in [4.69, 9.17) is 16.5 Å². The second-order valence-corrected chi connectivity index (χ2v) is 10.0. The Labute approximate surface area is 198 Å². The predicted octanol–water partition coefficient (Wildman–Crippen LogP) is 3.04. The van der Waals surface area contributed by atoms with Gasteiger partial charge in [0.25, 0.3) is 5.91 Å². The van der Waals surface area contributed by atoms with Gasteiger partial charge in [-0.05, 0) is 43.9 Å².